The molecule has 0 saturated carbocycles. The SMILES string of the molecule is COc1cc(C(=O)C(C)Br)ccc1CCl. The van der Waals surface area contributed by atoms with E-state index in [1.807, 2.05) is 6.07 Å². The topological polar surface area (TPSA) is 26.3 Å². The van der Waals surface area contributed by atoms with Crippen LogP contribution in [0.1, 0.15) is 22.8 Å². The summed E-state index contributed by atoms with van der Waals surface area (Å²) in [4.78, 5) is 11.5. The molecule has 1 aromatic carbocycles. The summed E-state index contributed by atoms with van der Waals surface area (Å²) in [6.07, 6.45) is 0. The quantitative estimate of drug-likeness (QED) is 0.628. The van der Waals surface area contributed by atoms with Crippen LogP contribution in [0, 0.1) is 0 Å². The maximum atomic E-state index is 11.7. The molecule has 1 aromatic rings. The molecule has 0 aliphatic heterocycles. The Hall–Kier alpha value is -0.540. The lowest BCUT2D eigenvalue weighted by Gasteiger charge is -2.09. The van der Waals surface area contributed by atoms with Gasteiger partial charge in [0.2, 0.25) is 0 Å². The van der Waals surface area contributed by atoms with Crippen LogP contribution in [0.5, 0.6) is 5.75 Å². The molecule has 0 amide bonds. The third-order valence-corrected chi connectivity index (χ3v) is 2.78. The molecule has 1 rings (SSSR count). The lowest BCUT2D eigenvalue weighted by atomic mass is 10.1. The zero-order valence-corrected chi connectivity index (χ0v) is 10.9. The molecule has 0 spiro atoms. The smallest absolute Gasteiger partial charge is 0.176 e. The molecular formula is C11H12BrClO2. The number of methoxy groups -OCH3 is 1. The molecule has 0 saturated heterocycles. The van der Waals surface area contributed by atoms with Crippen molar-refractivity contribution in [3.63, 3.8) is 0 Å². The number of ketones is 1. The number of carbonyl (C=O) groups is 1. The van der Waals surface area contributed by atoms with E-state index in [0.717, 1.165) is 5.56 Å². The standard InChI is InChI=1S/C11H12BrClO2/c1-7(12)11(14)8-3-4-9(6-13)10(5-8)15-2/h3-5,7H,6H2,1-2H3. The second-order valence-electron chi connectivity index (χ2n) is 3.14. The van der Waals surface area contributed by atoms with Crippen molar-refractivity contribution < 1.29 is 9.53 Å². The highest BCUT2D eigenvalue weighted by Gasteiger charge is 2.13. The van der Waals surface area contributed by atoms with E-state index in [1.54, 1.807) is 26.2 Å². The van der Waals surface area contributed by atoms with Crippen molar-refractivity contribution in [3.8, 4) is 5.75 Å². The molecule has 2 nitrogen and oxygen atoms in total. The Kier molecular flexibility index (Phi) is 4.61. The minimum Gasteiger partial charge on any atom is -0.496 e. The molecule has 0 N–H and O–H groups in total. The summed E-state index contributed by atoms with van der Waals surface area (Å²) >= 11 is 8.97. The van der Waals surface area contributed by atoms with Gasteiger partial charge in [-0.25, -0.2) is 0 Å². The Labute approximate surface area is 103 Å². The highest BCUT2D eigenvalue weighted by Crippen LogP contribution is 2.23. The number of ether oxygens (including phenoxy) is 1. The fourth-order valence-electron chi connectivity index (χ4n) is 1.24. The second kappa shape index (κ2) is 5.52. The Morgan fingerprint density at radius 2 is 2.27 bits per heavy atom. The van der Waals surface area contributed by atoms with E-state index in [9.17, 15) is 4.79 Å². The molecule has 0 fully saturated rings. The summed E-state index contributed by atoms with van der Waals surface area (Å²) in [6, 6.07) is 5.30. The molecule has 15 heavy (non-hydrogen) atoms. The first kappa shape index (κ1) is 12.5. The first-order chi connectivity index (χ1) is 7.10. The van der Waals surface area contributed by atoms with Crippen LogP contribution in [0.3, 0.4) is 0 Å². The first-order valence-electron chi connectivity index (χ1n) is 4.51. The molecule has 0 bridgehead atoms. The van der Waals surface area contributed by atoms with Crippen molar-refractivity contribution in [2.45, 2.75) is 17.6 Å². The third-order valence-electron chi connectivity index (χ3n) is 2.08. The van der Waals surface area contributed by atoms with Gasteiger partial charge < -0.3 is 4.74 Å². The minimum atomic E-state index is -0.191. The van der Waals surface area contributed by atoms with Crippen molar-refractivity contribution >= 4 is 33.3 Å². The molecule has 1 unspecified atom stereocenters. The average molecular weight is 292 g/mol. The lowest BCUT2D eigenvalue weighted by molar-refractivity contribution is 0.0995. The normalized spacial score (nSPS) is 12.3. The highest BCUT2D eigenvalue weighted by molar-refractivity contribution is 9.10. The Balaban J connectivity index is 3.08. The van der Waals surface area contributed by atoms with Crippen LogP contribution in [-0.2, 0) is 5.88 Å². The molecule has 1 atom stereocenters. The van der Waals surface area contributed by atoms with Gasteiger partial charge in [-0.15, -0.1) is 11.6 Å². The third kappa shape index (κ3) is 2.95. The number of rotatable bonds is 4. The highest BCUT2D eigenvalue weighted by atomic mass is 79.9. The molecule has 0 radical (unpaired) electrons. The van der Waals surface area contributed by atoms with Crippen molar-refractivity contribution in [2.75, 3.05) is 7.11 Å². The van der Waals surface area contributed by atoms with Crippen LogP contribution in [-0.4, -0.2) is 17.7 Å². The van der Waals surface area contributed by atoms with Crippen LogP contribution >= 0.6 is 27.5 Å². The lowest BCUT2D eigenvalue weighted by Crippen LogP contribution is -2.10. The van der Waals surface area contributed by atoms with Gasteiger partial charge in [0.15, 0.2) is 5.78 Å². The Morgan fingerprint density at radius 3 is 2.73 bits per heavy atom. The van der Waals surface area contributed by atoms with Crippen molar-refractivity contribution in [2.24, 2.45) is 0 Å². The number of Topliss-reactive ketones (excluding diaryl/α,β-unsaturated/α-hetero) is 1. The molecule has 0 aromatic heterocycles. The van der Waals surface area contributed by atoms with Gasteiger partial charge in [-0.1, -0.05) is 28.1 Å². The van der Waals surface area contributed by atoms with Crippen LogP contribution < -0.4 is 4.74 Å². The number of carbonyl (C=O) groups excluding carboxylic acids is 1. The zero-order chi connectivity index (χ0) is 11.4. The van der Waals surface area contributed by atoms with Gasteiger partial charge >= 0.3 is 0 Å². The number of hydrogen-bond donors (Lipinski definition) is 0. The number of alkyl halides is 2. The van der Waals surface area contributed by atoms with Crippen molar-refractivity contribution in [1.29, 1.82) is 0 Å². The van der Waals surface area contributed by atoms with Gasteiger partial charge in [0.05, 0.1) is 17.8 Å². The predicted molar refractivity (Wildman–Crippen MR) is 65.3 cm³/mol. The molecule has 4 heteroatoms. The van der Waals surface area contributed by atoms with E-state index in [0.29, 0.717) is 17.2 Å². The van der Waals surface area contributed by atoms with Gasteiger partial charge in [-0.3, -0.25) is 4.79 Å². The predicted octanol–water partition coefficient (Wildman–Crippen LogP) is 3.40. The van der Waals surface area contributed by atoms with Crippen LogP contribution in [0.2, 0.25) is 0 Å². The van der Waals surface area contributed by atoms with Crippen molar-refractivity contribution in [1.82, 2.24) is 0 Å². The number of hydrogen-bond acceptors (Lipinski definition) is 2. The summed E-state index contributed by atoms with van der Waals surface area (Å²) < 4.78 is 5.15. The van der Waals surface area contributed by atoms with E-state index >= 15 is 0 Å². The maximum absolute atomic E-state index is 11.7. The van der Waals surface area contributed by atoms with E-state index < -0.39 is 0 Å². The average Bonchev–Trinajstić information content (AvgIpc) is 2.26. The number of benzene rings is 1. The van der Waals surface area contributed by atoms with E-state index in [-0.39, 0.29) is 10.6 Å². The van der Waals surface area contributed by atoms with Crippen molar-refractivity contribution in [3.05, 3.63) is 29.3 Å². The van der Waals surface area contributed by atoms with Gasteiger partial charge in [-0.2, -0.15) is 0 Å². The van der Waals surface area contributed by atoms with Gasteiger partial charge in [0.25, 0.3) is 0 Å². The summed E-state index contributed by atoms with van der Waals surface area (Å²) in [7, 11) is 1.57. The Morgan fingerprint density at radius 1 is 1.60 bits per heavy atom. The summed E-state index contributed by atoms with van der Waals surface area (Å²) in [5.74, 6) is 1.07. The van der Waals surface area contributed by atoms with Crippen LogP contribution in [0.25, 0.3) is 0 Å². The van der Waals surface area contributed by atoms with Gasteiger partial charge in [-0.05, 0) is 13.0 Å². The van der Waals surface area contributed by atoms with E-state index in [2.05, 4.69) is 15.9 Å². The monoisotopic (exact) mass is 290 g/mol. The van der Waals surface area contributed by atoms with E-state index in [1.165, 1.54) is 0 Å². The van der Waals surface area contributed by atoms with E-state index in [4.69, 9.17) is 16.3 Å². The zero-order valence-electron chi connectivity index (χ0n) is 8.59. The molecular weight excluding hydrogens is 279 g/mol. The van der Waals surface area contributed by atoms with Crippen LogP contribution in [0.4, 0.5) is 0 Å². The summed E-state index contributed by atoms with van der Waals surface area (Å²) in [5, 5.41) is 0. The van der Waals surface area contributed by atoms with Crippen LogP contribution in [0.15, 0.2) is 18.2 Å². The number of halogens is 2. The summed E-state index contributed by atoms with van der Waals surface area (Å²) in [6.45, 7) is 1.80. The fourth-order valence-corrected chi connectivity index (χ4v) is 1.72. The molecule has 0 aliphatic carbocycles. The second-order valence-corrected chi connectivity index (χ2v) is 4.78. The largest absolute Gasteiger partial charge is 0.496 e. The molecule has 82 valence electrons. The van der Waals surface area contributed by atoms with Gasteiger partial charge in [0.1, 0.15) is 5.75 Å². The first-order valence-corrected chi connectivity index (χ1v) is 5.96. The summed E-state index contributed by atoms with van der Waals surface area (Å²) in [5.41, 5.74) is 1.52. The Bertz CT molecular complexity index is 364. The van der Waals surface area contributed by atoms with Gasteiger partial charge in [0, 0.05) is 11.1 Å². The minimum absolute atomic E-state index is 0.0365. The molecule has 0 aliphatic rings. The maximum Gasteiger partial charge on any atom is 0.176 e. The fraction of sp³-hybridized carbons (Fsp3) is 0.364. The molecule has 0 heterocycles.